The third-order valence-corrected chi connectivity index (χ3v) is 6.08. The van der Waals surface area contributed by atoms with Gasteiger partial charge in [-0.2, -0.15) is 18.3 Å². The predicted octanol–water partition coefficient (Wildman–Crippen LogP) is 3.61. The van der Waals surface area contributed by atoms with Crippen LogP contribution >= 0.6 is 0 Å². The SMILES string of the molecule is FC(F)Cn1ncc2ncc(N3CC4(CCCN(c5ccnc(C(F)(F)F)c5)C4)C3)nc21. The van der Waals surface area contributed by atoms with E-state index in [1.54, 1.807) is 12.3 Å². The van der Waals surface area contributed by atoms with Crippen molar-refractivity contribution in [2.45, 2.75) is 32.0 Å². The average Bonchev–Trinajstić information content (AvgIpc) is 3.13. The lowest BCUT2D eigenvalue weighted by Crippen LogP contribution is -2.63. The molecule has 2 aliphatic heterocycles. The van der Waals surface area contributed by atoms with Gasteiger partial charge in [0.25, 0.3) is 6.43 Å². The third-order valence-electron chi connectivity index (χ3n) is 6.08. The minimum absolute atomic E-state index is 0.0697. The Morgan fingerprint density at radius 1 is 1.06 bits per heavy atom. The summed E-state index contributed by atoms with van der Waals surface area (Å²) in [5.74, 6) is 0.583. The van der Waals surface area contributed by atoms with Gasteiger partial charge in [-0.05, 0) is 25.0 Å². The van der Waals surface area contributed by atoms with Crippen LogP contribution in [0.4, 0.5) is 33.5 Å². The molecule has 0 N–H and O–H groups in total. The fourth-order valence-electron chi connectivity index (χ4n) is 4.64. The molecule has 0 aromatic carbocycles. The Bertz CT molecular complexity index is 1120. The highest BCUT2D eigenvalue weighted by molar-refractivity contribution is 5.71. The van der Waals surface area contributed by atoms with Crippen LogP contribution in [0.25, 0.3) is 11.2 Å². The Morgan fingerprint density at radius 2 is 1.84 bits per heavy atom. The summed E-state index contributed by atoms with van der Waals surface area (Å²) in [5.41, 5.74) is 0.313. The molecule has 5 heterocycles. The van der Waals surface area contributed by atoms with Crippen molar-refractivity contribution >= 4 is 22.7 Å². The Kier molecular flexibility index (Phi) is 4.90. The topological polar surface area (TPSA) is 63.0 Å². The normalized spacial score (nSPS) is 18.6. The van der Waals surface area contributed by atoms with E-state index in [2.05, 4.69) is 20.1 Å². The maximum absolute atomic E-state index is 13.0. The van der Waals surface area contributed by atoms with Crippen LogP contribution in [0.2, 0.25) is 0 Å². The monoisotopic (exact) mass is 453 g/mol. The highest BCUT2D eigenvalue weighted by Gasteiger charge is 2.46. The van der Waals surface area contributed by atoms with E-state index < -0.39 is 24.8 Å². The van der Waals surface area contributed by atoms with Gasteiger partial charge in [-0.3, -0.25) is 4.98 Å². The first-order valence-electron chi connectivity index (χ1n) is 10.2. The summed E-state index contributed by atoms with van der Waals surface area (Å²) in [6.45, 7) is 2.10. The summed E-state index contributed by atoms with van der Waals surface area (Å²) in [7, 11) is 0. The highest BCUT2D eigenvalue weighted by Crippen LogP contribution is 2.42. The molecule has 0 saturated carbocycles. The largest absolute Gasteiger partial charge is 0.433 e. The number of hydrogen-bond acceptors (Lipinski definition) is 6. The number of alkyl halides is 5. The first-order chi connectivity index (χ1) is 15.2. The summed E-state index contributed by atoms with van der Waals surface area (Å²) in [5, 5.41) is 3.93. The number of pyridine rings is 1. The predicted molar refractivity (Wildman–Crippen MR) is 107 cm³/mol. The van der Waals surface area contributed by atoms with Gasteiger partial charge in [0, 0.05) is 43.5 Å². The number of nitrogens with zero attached hydrogens (tertiary/aromatic N) is 7. The van der Waals surface area contributed by atoms with Crippen LogP contribution in [0.5, 0.6) is 0 Å². The lowest BCUT2D eigenvalue weighted by atomic mass is 9.73. The number of hydrogen-bond donors (Lipinski definition) is 0. The van der Waals surface area contributed by atoms with Gasteiger partial charge in [-0.25, -0.2) is 23.4 Å². The Labute approximate surface area is 179 Å². The molecule has 3 aromatic heterocycles. The minimum atomic E-state index is -4.48. The van der Waals surface area contributed by atoms with Crippen LogP contribution in [0.1, 0.15) is 18.5 Å². The Hall–Kier alpha value is -3.05. The molecular formula is C20H20F5N7. The number of anilines is 2. The zero-order chi connectivity index (χ0) is 22.5. The summed E-state index contributed by atoms with van der Waals surface area (Å²) in [6, 6.07) is 2.70. The smallest absolute Gasteiger partial charge is 0.371 e. The quantitative estimate of drug-likeness (QED) is 0.563. The van der Waals surface area contributed by atoms with Gasteiger partial charge in [-0.1, -0.05) is 0 Å². The van der Waals surface area contributed by atoms with E-state index in [4.69, 9.17) is 0 Å². The molecule has 0 bridgehead atoms. The maximum atomic E-state index is 13.0. The molecule has 2 aliphatic rings. The average molecular weight is 453 g/mol. The second-order valence-corrected chi connectivity index (χ2v) is 8.43. The summed E-state index contributed by atoms with van der Waals surface area (Å²) < 4.78 is 65.8. The second-order valence-electron chi connectivity index (χ2n) is 8.43. The maximum Gasteiger partial charge on any atom is 0.433 e. The zero-order valence-corrected chi connectivity index (χ0v) is 16.9. The number of halogens is 5. The standard InChI is InChI=1S/C20H20F5N7/c21-16(22)9-32-18-14(7-28-32)27-8-17(29-18)31-11-19(12-31)3-1-5-30(10-19)13-2-4-26-15(6-13)20(23,24)25/h2,4,6-8,16H,1,3,5,9-12H2. The van der Waals surface area contributed by atoms with Gasteiger partial charge >= 0.3 is 6.18 Å². The molecule has 12 heteroatoms. The van der Waals surface area contributed by atoms with Gasteiger partial charge in [-0.15, -0.1) is 0 Å². The molecule has 32 heavy (non-hydrogen) atoms. The van der Waals surface area contributed by atoms with Crippen molar-refractivity contribution < 1.29 is 22.0 Å². The fourth-order valence-corrected chi connectivity index (χ4v) is 4.64. The van der Waals surface area contributed by atoms with E-state index >= 15 is 0 Å². The van der Waals surface area contributed by atoms with Crippen molar-refractivity contribution in [1.82, 2.24) is 24.7 Å². The summed E-state index contributed by atoms with van der Waals surface area (Å²) in [6.07, 6.45) is -1.00. The van der Waals surface area contributed by atoms with Crippen molar-refractivity contribution in [3.63, 3.8) is 0 Å². The van der Waals surface area contributed by atoms with Crippen molar-refractivity contribution in [3.05, 3.63) is 36.4 Å². The van der Waals surface area contributed by atoms with Crippen molar-refractivity contribution in [2.75, 3.05) is 36.0 Å². The van der Waals surface area contributed by atoms with Gasteiger partial charge in [0.15, 0.2) is 5.65 Å². The van der Waals surface area contributed by atoms with Crippen LogP contribution in [0.15, 0.2) is 30.7 Å². The molecule has 2 saturated heterocycles. The van der Waals surface area contributed by atoms with E-state index in [0.29, 0.717) is 48.8 Å². The van der Waals surface area contributed by atoms with Crippen LogP contribution in [-0.2, 0) is 12.7 Å². The molecule has 5 rings (SSSR count). The van der Waals surface area contributed by atoms with Crippen LogP contribution < -0.4 is 9.80 Å². The molecule has 0 unspecified atom stereocenters. The van der Waals surface area contributed by atoms with E-state index in [-0.39, 0.29) is 5.41 Å². The Morgan fingerprint density at radius 3 is 2.59 bits per heavy atom. The second kappa shape index (κ2) is 7.52. The molecule has 7 nitrogen and oxygen atoms in total. The fraction of sp³-hybridized carbons (Fsp3) is 0.500. The van der Waals surface area contributed by atoms with Crippen LogP contribution in [0.3, 0.4) is 0 Å². The van der Waals surface area contributed by atoms with Gasteiger partial charge in [0.05, 0.1) is 12.4 Å². The van der Waals surface area contributed by atoms with Gasteiger partial charge in [0.2, 0.25) is 0 Å². The van der Waals surface area contributed by atoms with Crippen molar-refractivity contribution in [2.24, 2.45) is 5.41 Å². The molecule has 170 valence electrons. The highest BCUT2D eigenvalue weighted by atomic mass is 19.4. The molecule has 0 atom stereocenters. The molecule has 1 spiro atoms. The van der Waals surface area contributed by atoms with Crippen LogP contribution in [0, 0.1) is 5.41 Å². The molecule has 2 fully saturated rings. The molecule has 0 radical (unpaired) electrons. The first-order valence-corrected chi connectivity index (χ1v) is 10.2. The van der Waals surface area contributed by atoms with Crippen molar-refractivity contribution in [3.8, 4) is 0 Å². The van der Waals surface area contributed by atoms with Crippen molar-refractivity contribution in [1.29, 1.82) is 0 Å². The molecule has 3 aromatic rings. The lowest BCUT2D eigenvalue weighted by molar-refractivity contribution is -0.141. The van der Waals surface area contributed by atoms with E-state index in [9.17, 15) is 22.0 Å². The van der Waals surface area contributed by atoms with E-state index in [1.807, 2.05) is 9.80 Å². The first kappa shape index (κ1) is 20.8. The lowest BCUT2D eigenvalue weighted by Gasteiger charge is -2.55. The number of aromatic nitrogens is 5. The number of piperidine rings is 1. The number of fused-ring (bicyclic) bond motifs is 1. The zero-order valence-electron chi connectivity index (χ0n) is 16.9. The number of rotatable bonds is 4. The van der Waals surface area contributed by atoms with E-state index in [0.717, 1.165) is 23.6 Å². The molecule has 0 amide bonds. The van der Waals surface area contributed by atoms with E-state index in [1.165, 1.54) is 12.4 Å². The van der Waals surface area contributed by atoms with Crippen LogP contribution in [-0.4, -0.2) is 57.3 Å². The summed E-state index contributed by atoms with van der Waals surface area (Å²) in [4.78, 5) is 16.2. The third kappa shape index (κ3) is 3.82. The molecular weight excluding hydrogens is 433 g/mol. The van der Waals surface area contributed by atoms with Gasteiger partial charge in [0.1, 0.15) is 23.6 Å². The van der Waals surface area contributed by atoms with Gasteiger partial charge < -0.3 is 9.80 Å². The Balaban J connectivity index is 1.31. The minimum Gasteiger partial charge on any atom is -0.371 e. The molecule has 0 aliphatic carbocycles. The summed E-state index contributed by atoms with van der Waals surface area (Å²) >= 11 is 0.